The molecule has 3 rings (SSSR count). The molecule has 25 heavy (non-hydrogen) atoms. The molecule has 0 radical (unpaired) electrons. The number of aliphatic hydroxyl groups is 1. The summed E-state index contributed by atoms with van der Waals surface area (Å²) in [5.74, 6) is 1.61. The normalized spacial score (nSPS) is 41.6. The van der Waals surface area contributed by atoms with Crippen LogP contribution in [0.25, 0.3) is 0 Å². The lowest BCUT2D eigenvalue weighted by Gasteiger charge is -2.38. The number of rotatable bonds is 7. The Morgan fingerprint density at radius 1 is 0.880 bits per heavy atom. The summed E-state index contributed by atoms with van der Waals surface area (Å²) in [6, 6.07) is 0. The molecule has 5 heteroatoms. The molecule has 0 amide bonds. The third-order valence-electron chi connectivity index (χ3n) is 7.20. The van der Waals surface area contributed by atoms with Crippen molar-refractivity contribution in [3.63, 3.8) is 0 Å². The molecule has 142 valence electrons. The van der Waals surface area contributed by atoms with E-state index >= 15 is 0 Å². The highest BCUT2D eigenvalue weighted by molar-refractivity contribution is 5.84. The van der Waals surface area contributed by atoms with Gasteiger partial charge < -0.3 is 14.6 Å². The molecule has 0 spiro atoms. The van der Waals surface area contributed by atoms with Gasteiger partial charge in [0.1, 0.15) is 6.61 Å². The number of ether oxygens (including phenoxy) is 2. The fourth-order valence-electron chi connectivity index (χ4n) is 6.54. The van der Waals surface area contributed by atoms with E-state index in [0.29, 0.717) is 30.3 Å². The first-order valence-corrected chi connectivity index (χ1v) is 10.0. The van der Waals surface area contributed by atoms with E-state index in [0.717, 1.165) is 19.3 Å². The summed E-state index contributed by atoms with van der Waals surface area (Å²) in [7, 11) is 0. The zero-order valence-electron chi connectivity index (χ0n) is 15.6. The Kier molecular flexibility index (Phi) is 5.71. The Hall–Kier alpha value is -1.10. The molecule has 0 aromatic rings. The van der Waals surface area contributed by atoms with Crippen LogP contribution in [0.2, 0.25) is 0 Å². The van der Waals surface area contributed by atoms with Gasteiger partial charge in [-0.05, 0) is 55.3 Å². The average Bonchev–Trinajstić information content (AvgIpc) is 3.27. The summed E-state index contributed by atoms with van der Waals surface area (Å²) in [6.45, 7) is 6.47. The second-order valence-electron chi connectivity index (χ2n) is 7.99. The van der Waals surface area contributed by atoms with E-state index < -0.39 is 0 Å². The van der Waals surface area contributed by atoms with Crippen molar-refractivity contribution in [2.75, 3.05) is 19.8 Å². The zero-order chi connectivity index (χ0) is 18.1. The molecule has 3 saturated carbocycles. The maximum Gasteiger partial charge on any atom is 0.310 e. The van der Waals surface area contributed by atoms with Gasteiger partial charge in [0.25, 0.3) is 0 Å². The van der Waals surface area contributed by atoms with Crippen LogP contribution in [0.4, 0.5) is 0 Å². The second-order valence-corrected chi connectivity index (χ2v) is 7.99. The van der Waals surface area contributed by atoms with Gasteiger partial charge in [0.2, 0.25) is 0 Å². The lowest BCUT2D eigenvalue weighted by Crippen LogP contribution is -2.44. The van der Waals surface area contributed by atoms with E-state index in [1.165, 1.54) is 6.42 Å². The van der Waals surface area contributed by atoms with Crippen LogP contribution in [0, 0.1) is 47.3 Å². The molecule has 8 unspecified atom stereocenters. The molecule has 0 aromatic carbocycles. The largest absolute Gasteiger partial charge is 0.466 e. The minimum Gasteiger partial charge on any atom is -0.466 e. The quantitative estimate of drug-likeness (QED) is 0.713. The number of carbonyl (C=O) groups excluding carboxylic acids is 2. The molecule has 8 atom stereocenters. The number of carbonyl (C=O) groups is 2. The maximum absolute atomic E-state index is 12.7. The molecule has 3 aliphatic carbocycles. The van der Waals surface area contributed by atoms with Gasteiger partial charge in [0, 0.05) is 0 Å². The molecule has 0 heterocycles. The van der Waals surface area contributed by atoms with Crippen LogP contribution in [-0.2, 0) is 19.1 Å². The van der Waals surface area contributed by atoms with Crippen LogP contribution >= 0.6 is 0 Å². The molecular formula is C20H32O5. The van der Waals surface area contributed by atoms with E-state index in [9.17, 15) is 9.59 Å². The molecule has 1 N–H and O–H groups in total. The van der Waals surface area contributed by atoms with Crippen molar-refractivity contribution >= 4 is 11.9 Å². The lowest BCUT2D eigenvalue weighted by molar-refractivity contribution is -0.166. The summed E-state index contributed by atoms with van der Waals surface area (Å²) < 4.78 is 10.6. The summed E-state index contributed by atoms with van der Waals surface area (Å²) in [5.41, 5.74) is 0. The van der Waals surface area contributed by atoms with Crippen LogP contribution in [0.1, 0.15) is 46.5 Å². The molecule has 0 aromatic heterocycles. The van der Waals surface area contributed by atoms with Crippen LogP contribution in [0.3, 0.4) is 0 Å². The first-order valence-electron chi connectivity index (χ1n) is 10.0. The van der Waals surface area contributed by atoms with E-state index in [1.807, 2.05) is 6.92 Å². The Labute approximate surface area is 150 Å². The molecule has 3 aliphatic rings. The summed E-state index contributed by atoms with van der Waals surface area (Å²) in [5, 5.41) is 8.98. The van der Waals surface area contributed by atoms with Crippen molar-refractivity contribution in [1.29, 1.82) is 0 Å². The Morgan fingerprint density at radius 3 is 1.84 bits per heavy atom. The molecular weight excluding hydrogens is 320 g/mol. The summed E-state index contributed by atoms with van der Waals surface area (Å²) in [4.78, 5) is 25.4. The second kappa shape index (κ2) is 7.65. The topological polar surface area (TPSA) is 72.8 Å². The smallest absolute Gasteiger partial charge is 0.310 e. The highest BCUT2D eigenvalue weighted by Gasteiger charge is 2.67. The predicted octanol–water partition coefficient (Wildman–Crippen LogP) is 2.66. The third kappa shape index (κ3) is 2.98. The summed E-state index contributed by atoms with van der Waals surface area (Å²) >= 11 is 0. The van der Waals surface area contributed by atoms with Crippen molar-refractivity contribution in [3.05, 3.63) is 0 Å². The fourth-order valence-corrected chi connectivity index (χ4v) is 6.54. The lowest BCUT2D eigenvalue weighted by atomic mass is 9.65. The fraction of sp³-hybridized carbons (Fsp3) is 0.900. The van der Waals surface area contributed by atoms with E-state index in [2.05, 4.69) is 13.8 Å². The standard InChI is InChI=1S/C20H32O5/c1-4-11-9-12(5-2)16-14-10-13(15(11)16)17(19(22)24-6-3)18(14)20(23)25-8-7-21/h11-18,21H,4-10H2,1-3H3. The van der Waals surface area contributed by atoms with Crippen LogP contribution in [0.5, 0.6) is 0 Å². The first-order chi connectivity index (χ1) is 12.1. The van der Waals surface area contributed by atoms with Gasteiger partial charge in [0.05, 0.1) is 25.0 Å². The number of esters is 2. The molecule has 0 saturated heterocycles. The number of aliphatic hydroxyl groups excluding tert-OH is 1. The highest BCUT2D eigenvalue weighted by atomic mass is 16.5. The van der Waals surface area contributed by atoms with Gasteiger partial charge in [0.15, 0.2) is 0 Å². The van der Waals surface area contributed by atoms with Gasteiger partial charge in [-0.1, -0.05) is 26.7 Å². The van der Waals surface area contributed by atoms with Crippen molar-refractivity contribution in [1.82, 2.24) is 0 Å². The Morgan fingerprint density at radius 2 is 1.40 bits per heavy atom. The van der Waals surface area contributed by atoms with E-state index in [-0.39, 0.29) is 48.8 Å². The van der Waals surface area contributed by atoms with E-state index in [1.54, 1.807) is 0 Å². The van der Waals surface area contributed by atoms with Gasteiger partial charge in [-0.3, -0.25) is 9.59 Å². The SMILES string of the molecule is CCOC(=O)C1C2CC(C1C(=O)OCCO)C1C(CC)CC(CC)C21. The third-order valence-corrected chi connectivity index (χ3v) is 7.20. The number of fused-ring (bicyclic) bond motifs is 5. The van der Waals surface area contributed by atoms with Crippen molar-refractivity contribution in [3.8, 4) is 0 Å². The number of hydrogen-bond donors (Lipinski definition) is 1. The summed E-state index contributed by atoms with van der Waals surface area (Å²) in [6.07, 6.45) is 4.47. The van der Waals surface area contributed by atoms with Crippen molar-refractivity contribution in [2.24, 2.45) is 47.3 Å². The Bertz CT molecular complexity index is 504. The first kappa shape index (κ1) is 18.7. The molecule has 3 fully saturated rings. The minimum absolute atomic E-state index is 0.00511. The van der Waals surface area contributed by atoms with Crippen LogP contribution in [0.15, 0.2) is 0 Å². The average molecular weight is 352 g/mol. The van der Waals surface area contributed by atoms with Crippen molar-refractivity contribution < 1.29 is 24.2 Å². The number of hydrogen-bond acceptors (Lipinski definition) is 5. The molecule has 2 bridgehead atoms. The van der Waals surface area contributed by atoms with Crippen LogP contribution in [-0.4, -0.2) is 36.9 Å². The maximum atomic E-state index is 12.7. The predicted molar refractivity (Wildman–Crippen MR) is 92.4 cm³/mol. The van der Waals surface area contributed by atoms with Gasteiger partial charge in [-0.2, -0.15) is 0 Å². The Balaban J connectivity index is 1.89. The van der Waals surface area contributed by atoms with E-state index in [4.69, 9.17) is 14.6 Å². The van der Waals surface area contributed by atoms with Gasteiger partial charge in [-0.15, -0.1) is 0 Å². The zero-order valence-corrected chi connectivity index (χ0v) is 15.6. The van der Waals surface area contributed by atoms with Crippen LogP contribution < -0.4 is 0 Å². The minimum atomic E-state index is -0.387. The van der Waals surface area contributed by atoms with Gasteiger partial charge in [-0.25, -0.2) is 0 Å². The van der Waals surface area contributed by atoms with Gasteiger partial charge >= 0.3 is 11.9 Å². The molecule has 0 aliphatic heterocycles. The molecule has 5 nitrogen and oxygen atoms in total. The van der Waals surface area contributed by atoms with Crippen molar-refractivity contribution in [2.45, 2.75) is 46.5 Å². The highest BCUT2D eigenvalue weighted by Crippen LogP contribution is 2.67. The monoisotopic (exact) mass is 352 g/mol.